The van der Waals surface area contributed by atoms with Crippen LogP contribution >= 0.6 is 0 Å². The molecule has 2 N–H and O–H groups in total. The normalized spacial score (nSPS) is 19.4. The third-order valence-electron chi connectivity index (χ3n) is 11.0. The predicted molar refractivity (Wildman–Crippen MR) is 197 cm³/mol. The number of pyridine rings is 1. The summed E-state index contributed by atoms with van der Waals surface area (Å²) in [5.41, 5.74) is 0. The van der Waals surface area contributed by atoms with E-state index in [0.29, 0.717) is 0 Å². The minimum atomic E-state index is 0.250. The highest BCUT2D eigenvalue weighted by atomic mass is 16.2. The van der Waals surface area contributed by atoms with Crippen LogP contribution in [-0.4, -0.2) is 24.3 Å². The van der Waals surface area contributed by atoms with E-state index in [9.17, 15) is 0 Å². The molecular weight excluding hydrogens is 548 g/mol. The summed E-state index contributed by atoms with van der Waals surface area (Å²) in [5.74, 6) is 3.22. The fourth-order valence-electron chi connectivity index (χ4n) is 8.42. The SMILES string of the molecule is C1CCC(C(CC2CCCCN2)C2CCCCC2)CC1.CCCCCCCCCCCCCCCC[n+]1ccccc1.CCO. The van der Waals surface area contributed by atoms with E-state index in [1.807, 2.05) is 0 Å². The van der Waals surface area contributed by atoms with Gasteiger partial charge in [-0.3, -0.25) is 0 Å². The lowest BCUT2D eigenvalue weighted by Gasteiger charge is -2.40. The molecule has 1 atom stereocenters. The first kappa shape index (κ1) is 40.2. The standard InChI is InChI=1S/C21H38N.C19H35N.C2H6O/c1-2-3-4-5-6-7-8-9-10-11-12-13-14-16-19-22-20-17-15-18-21-22;1-3-9-16(10-4-1)19(17-11-5-2-6-12-17)15-18-13-7-8-14-20-18;1-2-3/h15,17-18,20-21H,2-14,16,19H2,1H3;16-20H,1-15H2;3H,2H2,1H3/q+1;;. The summed E-state index contributed by atoms with van der Waals surface area (Å²) in [6, 6.07) is 7.17. The van der Waals surface area contributed by atoms with Crippen molar-refractivity contribution in [2.24, 2.45) is 17.8 Å². The Morgan fingerprint density at radius 1 is 0.578 bits per heavy atom. The van der Waals surface area contributed by atoms with Gasteiger partial charge in [-0.1, -0.05) is 161 Å². The molecule has 1 aromatic rings. The lowest BCUT2D eigenvalue weighted by atomic mass is 9.67. The molecule has 0 bridgehead atoms. The summed E-state index contributed by atoms with van der Waals surface area (Å²) in [5, 5.41) is 11.4. The van der Waals surface area contributed by atoms with E-state index in [4.69, 9.17) is 5.11 Å². The Morgan fingerprint density at radius 2 is 1.02 bits per heavy atom. The zero-order valence-electron chi connectivity index (χ0n) is 30.5. The van der Waals surface area contributed by atoms with Crippen molar-refractivity contribution >= 4 is 0 Å². The van der Waals surface area contributed by atoms with Crippen LogP contribution in [0.2, 0.25) is 0 Å². The Balaban J connectivity index is 0.000000289. The van der Waals surface area contributed by atoms with E-state index >= 15 is 0 Å². The monoisotopic (exact) mass is 628 g/mol. The number of unbranched alkanes of at least 4 members (excludes halogenated alkanes) is 13. The summed E-state index contributed by atoms with van der Waals surface area (Å²) in [4.78, 5) is 0. The lowest BCUT2D eigenvalue weighted by Crippen LogP contribution is -2.39. The van der Waals surface area contributed by atoms with Crippen molar-refractivity contribution in [2.45, 2.75) is 206 Å². The highest BCUT2D eigenvalue weighted by Crippen LogP contribution is 2.42. The minimum absolute atomic E-state index is 0.250. The quantitative estimate of drug-likeness (QED) is 0.118. The van der Waals surface area contributed by atoms with Crippen LogP contribution < -0.4 is 9.88 Å². The van der Waals surface area contributed by atoms with Gasteiger partial charge in [-0.2, -0.15) is 0 Å². The van der Waals surface area contributed by atoms with Crippen molar-refractivity contribution < 1.29 is 9.67 Å². The molecule has 3 nitrogen and oxygen atoms in total. The Morgan fingerprint density at radius 3 is 1.47 bits per heavy atom. The molecular formula is C42H79N2O+. The molecule has 3 aliphatic rings. The zero-order chi connectivity index (χ0) is 32.0. The van der Waals surface area contributed by atoms with Crippen LogP contribution in [0.1, 0.15) is 194 Å². The van der Waals surface area contributed by atoms with Gasteiger partial charge in [-0.25, -0.2) is 4.57 Å². The number of nitrogens with zero attached hydrogens (tertiary/aromatic N) is 1. The highest BCUT2D eigenvalue weighted by Gasteiger charge is 2.33. The number of aryl methyl sites for hydroxylation is 1. The number of rotatable bonds is 19. The van der Waals surface area contributed by atoms with Crippen LogP contribution in [0.3, 0.4) is 0 Å². The maximum Gasteiger partial charge on any atom is 0.168 e. The van der Waals surface area contributed by atoms with Gasteiger partial charge in [-0.05, 0) is 56.9 Å². The largest absolute Gasteiger partial charge is 0.397 e. The molecule has 1 aromatic heterocycles. The second-order valence-electron chi connectivity index (χ2n) is 14.9. The van der Waals surface area contributed by atoms with Crippen LogP contribution in [0.5, 0.6) is 0 Å². The Kier molecular flexibility index (Phi) is 26.1. The second-order valence-corrected chi connectivity index (χ2v) is 14.9. The second kappa shape index (κ2) is 29.2. The third kappa shape index (κ3) is 20.8. The first-order valence-corrected chi connectivity index (χ1v) is 20.6. The predicted octanol–water partition coefficient (Wildman–Crippen LogP) is 11.7. The van der Waals surface area contributed by atoms with Crippen LogP contribution in [0.15, 0.2) is 30.6 Å². The fourth-order valence-corrected chi connectivity index (χ4v) is 8.42. The number of hydrogen-bond acceptors (Lipinski definition) is 2. The zero-order valence-corrected chi connectivity index (χ0v) is 30.5. The van der Waals surface area contributed by atoms with E-state index in [2.05, 4.69) is 47.4 Å². The van der Waals surface area contributed by atoms with Gasteiger partial charge in [-0.15, -0.1) is 0 Å². The molecule has 1 saturated heterocycles. The van der Waals surface area contributed by atoms with E-state index in [0.717, 1.165) is 23.8 Å². The van der Waals surface area contributed by atoms with Crippen molar-refractivity contribution in [1.29, 1.82) is 0 Å². The maximum absolute atomic E-state index is 7.57. The Bertz CT molecular complexity index is 703. The van der Waals surface area contributed by atoms with Crippen LogP contribution in [0.25, 0.3) is 0 Å². The van der Waals surface area contributed by atoms with Gasteiger partial charge in [0, 0.05) is 31.2 Å². The lowest BCUT2D eigenvalue weighted by molar-refractivity contribution is -0.697. The van der Waals surface area contributed by atoms with Crippen LogP contribution in [0.4, 0.5) is 0 Å². The molecule has 0 radical (unpaired) electrons. The van der Waals surface area contributed by atoms with Gasteiger partial charge in [0.15, 0.2) is 12.4 Å². The Labute approximate surface area is 282 Å². The minimum Gasteiger partial charge on any atom is -0.397 e. The fraction of sp³-hybridized carbons (Fsp3) is 0.881. The van der Waals surface area contributed by atoms with Gasteiger partial charge >= 0.3 is 0 Å². The number of piperidine rings is 1. The topological polar surface area (TPSA) is 36.1 Å². The van der Waals surface area contributed by atoms with Crippen molar-refractivity contribution in [3.05, 3.63) is 30.6 Å². The number of aliphatic hydroxyl groups excluding tert-OH is 1. The molecule has 0 spiro atoms. The van der Waals surface area contributed by atoms with Crippen molar-refractivity contribution in [3.63, 3.8) is 0 Å². The molecule has 1 unspecified atom stereocenters. The first-order chi connectivity index (χ1) is 22.3. The van der Waals surface area contributed by atoms with E-state index in [-0.39, 0.29) is 6.61 Å². The van der Waals surface area contributed by atoms with Crippen molar-refractivity contribution in [2.75, 3.05) is 13.2 Å². The van der Waals surface area contributed by atoms with Gasteiger partial charge in [0.2, 0.25) is 0 Å². The molecule has 4 rings (SSSR count). The van der Waals surface area contributed by atoms with Gasteiger partial charge in [0.05, 0.1) is 0 Å². The van der Waals surface area contributed by atoms with Gasteiger partial charge in [0.25, 0.3) is 0 Å². The first-order valence-electron chi connectivity index (χ1n) is 20.6. The number of nitrogens with one attached hydrogen (secondary N) is 1. The van der Waals surface area contributed by atoms with E-state index in [1.54, 1.807) is 32.6 Å². The molecule has 3 heteroatoms. The Hall–Kier alpha value is -0.930. The molecule has 2 aliphatic carbocycles. The molecule has 45 heavy (non-hydrogen) atoms. The summed E-state index contributed by atoms with van der Waals surface area (Å²) in [7, 11) is 0. The number of aromatic nitrogens is 1. The van der Waals surface area contributed by atoms with Crippen molar-refractivity contribution in [3.8, 4) is 0 Å². The average Bonchev–Trinajstić information content (AvgIpc) is 3.10. The molecule has 262 valence electrons. The molecule has 3 fully saturated rings. The summed E-state index contributed by atoms with van der Waals surface area (Å²) in [6.07, 6.45) is 45.6. The van der Waals surface area contributed by atoms with E-state index < -0.39 is 0 Å². The number of hydrogen-bond donors (Lipinski definition) is 2. The molecule has 2 saturated carbocycles. The summed E-state index contributed by atoms with van der Waals surface area (Å²) >= 11 is 0. The van der Waals surface area contributed by atoms with Gasteiger partial charge < -0.3 is 10.4 Å². The van der Waals surface area contributed by atoms with Crippen LogP contribution in [0, 0.1) is 17.8 Å². The summed E-state index contributed by atoms with van der Waals surface area (Å²) in [6.45, 7) is 6.69. The smallest absolute Gasteiger partial charge is 0.168 e. The van der Waals surface area contributed by atoms with Crippen molar-refractivity contribution in [1.82, 2.24) is 5.32 Å². The third-order valence-corrected chi connectivity index (χ3v) is 11.0. The molecule has 0 amide bonds. The van der Waals surface area contributed by atoms with Crippen LogP contribution in [-0.2, 0) is 6.54 Å². The highest BCUT2D eigenvalue weighted by molar-refractivity contribution is 4.86. The molecule has 2 heterocycles. The molecule has 1 aliphatic heterocycles. The maximum atomic E-state index is 7.57. The number of aliphatic hydroxyl groups is 1. The summed E-state index contributed by atoms with van der Waals surface area (Å²) < 4.78 is 2.29. The molecule has 0 aromatic carbocycles. The average molecular weight is 628 g/mol. The van der Waals surface area contributed by atoms with Gasteiger partial charge in [0.1, 0.15) is 6.54 Å². The van der Waals surface area contributed by atoms with E-state index in [1.165, 1.54) is 167 Å².